The first kappa shape index (κ1) is 13.4. The molecule has 3 N–H and O–H groups in total. The number of anilines is 1. The maximum absolute atomic E-state index is 13.2. The van der Waals surface area contributed by atoms with Crippen LogP contribution in [-0.2, 0) is 0 Å². The van der Waals surface area contributed by atoms with Gasteiger partial charge in [-0.05, 0) is 40.2 Å². The van der Waals surface area contributed by atoms with Gasteiger partial charge in [-0.3, -0.25) is 0 Å². The predicted octanol–water partition coefficient (Wildman–Crippen LogP) is 3.95. The molecule has 96 valence electrons. The van der Waals surface area contributed by atoms with Crippen molar-refractivity contribution in [3.8, 4) is 0 Å². The second-order valence-corrected chi connectivity index (χ2v) is 4.95. The highest BCUT2D eigenvalue weighted by atomic mass is 79.9. The molecule has 2 aromatic rings. The summed E-state index contributed by atoms with van der Waals surface area (Å²) in [5, 5.41) is 3.49. The fourth-order valence-electron chi connectivity index (χ4n) is 1.58. The zero-order valence-corrected chi connectivity index (χ0v) is 11.6. The topological polar surface area (TPSA) is 51.2 Å². The number of benzene rings is 1. The molecule has 0 saturated carbocycles. The Kier molecular flexibility index (Phi) is 4.27. The molecule has 1 heterocycles. The Morgan fingerprint density at radius 1 is 1.44 bits per heavy atom. The van der Waals surface area contributed by atoms with Gasteiger partial charge >= 0.3 is 0 Å². The van der Waals surface area contributed by atoms with Gasteiger partial charge in [0, 0.05) is 6.54 Å². The first-order valence-corrected chi connectivity index (χ1v) is 6.43. The van der Waals surface area contributed by atoms with E-state index in [1.807, 2.05) is 0 Å². The number of rotatable bonds is 4. The van der Waals surface area contributed by atoms with Crippen LogP contribution in [-0.4, -0.2) is 6.54 Å². The van der Waals surface area contributed by atoms with Crippen LogP contribution in [0, 0.1) is 5.82 Å². The zero-order chi connectivity index (χ0) is 13.1. The Hall–Kier alpha value is -1.04. The third kappa shape index (κ3) is 2.85. The molecule has 0 spiro atoms. The van der Waals surface area contributed by atoms with Crippen molar-refractivity contribution in [2.75, 3.05) is 11.9 Å². The second-order valence-electron chi connectivity index (χ2n) is 3.69. The molecule has 0 bridgehead atoms. The molecule has 0 saturated heterocycles. The lowest BCUT2D eigenvalue weighted by atomic mass is 10.2. The third-order valence-electron chi connectivity index (χ3n) is 2.46. The van der Waals surface area contributed by atoms with Crippen molar-refractivity contribution >= 4 is 33.2 Å². The standard InChI is InChI=1S/C12H11BrClFN2O/c13-8-3-4-18-12(8)11(6-16)17-10-5-7(15)1-2-9(10)14/h1-5,11,17H,6,16H2. The molecule has 1 atom stereocenters. The minimum Gasteiger partial charge on any atom is -0.466 e. The minimum absolute atomic E-state index is 0.284. The molecule has 2 rings (SSSR count). The van der Waals surface area contributed by atoms with E-state index in [9.17, 15) is 4.39 Å². The Labute approximate surface area is 117 Å². The van der Waals surface area contributed by atoms with Crippen LogP contribution in [0.25, 0.3) is 0 Å². The van der Waals surface area contributed by atoms with Gasteiger partial charge in [-0.25, -0.2) is 4.39 Å². The summed E-state index contributed by atoms with van der Waals surface area (Å²) in [6.45, 7) is 0.291. The summed E-state index contributed by atoms with van der Waals surface area (Å²) in [7, 11) is 0. The highest BCUT2D eigenvalue weighted by Gasteiger charge is 2.17. The lowest BCUT2D eigenvalue weighted by Gasteiger charge is -2.17. The van der Waals surface area contributed by atoms with Gasteiger partial charge in [0.1, 0.15) is 11.6 Å². The SMILES string of the molecule is NCC(Nc1cc(F)ccc1Cl)c1occc1Br. The molecule has 1 aromatic heterocycles. The van der Waals surface area contributed by atoms with E-state index in [2.05, 4.69) is 21.2 Å². The normalized spacial score (nSPS) is 12.4. The number of nitrogens with one attached hydrogen (secondary N) is 1. The molecule has 0 aliphatic carbocycles. The van der Waals surface area contributed by atoms with Crippen molar-refractivity contribution in [3.05, 3.63) is 51.6 Å². The smallest absolute Gasteiger partial charge is 0.141 e. The lowest BCUT2D eigenvalue weighted by Crippen LogP contribution is -2.20. The summed E-state index contributed by atoms with van der Waals surface area (Å²) in [5.74, 6) is 0.286. The average Bonchev–Trinajstić information content (AvgIpc) is 2.77. The maximum atomic E-state index is 13.2. The molecule has 0 amide bonds. The molecule has 1 aromatic carbocycles. The molecular formula is C12H11BrClFN2O. The van der Waals surface area contributed by atoms with Crippen molar-refractivity contribution in [2.45, 2.75) is 6.04 Å². The molecule has 0 fully saturated rings. The van der Waals surface area contributed by atoms with E-state index in [0.717, 1.165) is 4.47 Å². The van der Waals surface area contributed by atoms with E-state index in [1.54, 1.807) is 12.3 Å². The van der Waals surface area contributed by atoms with E-state index < -0.39 is 0 Å². The molecule has 3 nitrogen and oxygen atoms in total. The van der Waals surface area contributed by atoms with Gasteiger partial charge in [-0.15, -0.1) is 0 Å². The van der Waals surface area contributed by atoms with Crippen molar-refractivity contribution in [2.24, 2.45) is 5.73 Å². The molecule has 0 aliphatic rings. The zero-order valence-electron chi connectivity index (χ0n) is 9.29. The summed E-state index contributed by atoms with van der Waals surface area (Å²) >= 11 is 9.34. The number of nitrogens with two attached hydrogens (primary N) is 1. The lowest BCUT2D eigenvalue weighted by molar-refractivity contribution is 0.479. The third-order valence-corrected chi connectivity index (χ3v) is 3.44. The van der Waals surface area contributed by atoms with Crippen molar-refractivity contribution < 1.29 is 8.81 Å². The molecular weight excluding hydrogens is 322 g/mol. The Balaban J connectivity index is 2.26. The van der Waals surface area contributed by atoms with Crippen molar-refractivity contribution in [3.63, 3.8) is 0 Å². The van der Waals surface area contributed by atoms with Gasteiger partial charge in [0.2, 0.25) is 0 Å². The molecule has 18 heavy (non-hydrogen) atoms. The number of halogens is 3. The fraction of sp³-hybridized carbons (Fsp3) is 0.167. The predicted molar refractivity (Wildman–Crippen MR) is 73.2 cm³/mol. The van der Waals surface area contributed by atoms with Crippen LogP contribution in [0.4, 0.5) is 10.1 Å². The quantitative estimate of drug-likeness (QED) is 0.891. The van der Waals surface area contributed by atoms with Gasteiger partial charge in [0.05, 0.1) is 27.5 Å². The summed E-state index contributed by atoms with van der Waals surface area (Å²) in [6, 6.07) is 5.60. The first-order valence-electron chi connectivity index (χ1n) is 5.26. The van der Waals surface area contributed by atoms with Crippen LogP contribution in [0.3, 0.4) is 0 Å². The average molecular weight is 334 g/mol. The van der Waals surface area contributed by atoms with Crippen LogP contribution >= 0.6 is 27.5 Å². The van der Waals surface area contributed by atoms with Gasteiger partial charge in [-0.1, -0.05) is 11.6 Å². The van der Waals surface area contributed by atoms with Gasteiger partial charge in [0.25, 0.3) is 0 Å². The molecule has 0 aliphatic heterocycles. The fourth-order valence-corrected chi connectivity index (χ4v) is 2.23. The summed E-state index contributed by atoms with van der Waals surface area (Å²) in [4.78, 5) is 0. The summed E-state index contributed by atoms with van der Waals surface area (Å²) in [6.07, 6.45) is 1.55. The van der Waals surface area contributed by atoms with E-state index >= 15 is 0 Å². The van der Waals surface area contributed by atoms with Crippen LogP contribution < -0.4 is 11.1 Å². The van der Waals surface area contributed by atoms with Crippen LogP contribution in [0.15, 0.2) is 39.4 Å². The van der Waals surface area contributed by atoms with E-state index in [1.165, 1.54) is 18.2 Å². The Morgan fingerprint density at radius 2 is 2.22 bits per heavy atom. The first-order chi connectivity index (χ1) is 8.61. The Bertz CT molecular complexity index is 547. The van der Waals surface area contributed by atoms with Gasteiger partial charge in [-0.2, -0.15) is 0 Å². The largest absolute Gasteiger partial charge is 0.466 e. The second kappa shape index (κ2) is 5.73. The van der Waals surface area contributed by atoms with Gasteiger partial charge < -0.3 is 15.5 Å². The molecule has 0 radical (unpaired) electrons. The van der Waals surface area contributed by atoms with E-state index in [0.29, 0.717) is 23.0 Å². The Morgan fingerprint density at radius 3 is 2.83 bits per heavy atom. The highest BCUT2D eigenvalue weighted by molar-refractivity contribution is 9.10. The van der Waals surface area contributed by atoms with E-state index in [-0.39, 0.29) is 11.9 Å². The van der Waals surface area contributed by atoms with Gasteiger partial charge in [0.15, 0.2) is 0 Å². The molecule has 6 heteroatoms. The maximum Gasteiger partial charge on any atom is 0.141 e. The number of hydrogen-bond donors (Lipinski definition) is 2. The monoisotopic (exact) mass is 332 g/mol. The van der Waals surface area contributed by atoms with Crippen LogP contribution in [0.1, 0.15) is 11.8 Å². The summed E-state index contributed by atoms with van der Waals surface area (Å²) < 4.78 is 19.3. The number of hydrogen-bond acceptors (Lipinski definition) is 3. The summed E-state index contributed by atoms with van der Waals surface area (Å²) in [5.41, 5.74) is 6.17. The highest BCUT2D eigenvalue weighted by Crippen LogP contribution is 2.30. The van der Waals surface area contributed by atoms with E-state index in [4.69, 9.17) is 21.8 Å². The van der Waals surface area contributed by atoms with Crippen molar-refractivity contribution in [1.82, 2.24) is 0 Å². The van der Waals surface area contributed by atoms with Crippen LogP contribution in [0.2, 0.25) is 5.02 Å². The minimum atomic E-state index is -0.365. The van der Waals surface area contributed by atoms with Crippen LogP contribution in [0.5, 0.6) is 0 Å². The number of furan rings is 1. The molecule has 1 unspecified atom stereocenters. The van der Waals surface area contributed by atoms with Crippen molar-refractivity contribution in [1.29, 1.82) is 0 Å².